The summed E-state index contributed by atoms with van der Waals surface area (Å²) in [6.07, 6.45) is 2.48. The smallest absolute Gasteiger partial charge is 0.336 e. The van der Waals surface area contributed by atoms with Crippen LogP contribution >= 0.6 is 0 Å². The van der Waals surface area contributed by atoms with E-state index >= 15 is 0 Å². The molecule has 1 aromatic rings. The van der Waals surface area contributed by atoms with Crippen molar-refractivity contribution in [2.75, 3.05) is 6.61 Å². The number of fused-ring (bicyclic) bond motifs is 1. The number of hydrogen-bond donors (Lipinski definition) is 2. The number of carbonyl (C=O) groups is 1. The van der Waals surface area contributed by atoms with Gasteiger partial charge in [0.1, 0.15) is 11.5 Å². The van der Waals surface area contributed by atoms with Gasteiger partial charge in [-0.1, -0.05) is 6.08 Å². The van der Waals surface area contributed by atoms with Crippen molar-refractivity contribution in [2.24, 2.45) is 0 Å². The van der Waals surface area contributed by atoms with E-state index in [1.165, 1.54) is 6.07 Å². The van der Waals surface area contributed by atoms with Crippen molar-refractivity contribution in [3.63, 3.8) is 0 Å². The second-order valence-corrected chi connectivity index (χ2v) is 3.62. The summed E-state index contributed by atoms with van der Waals surface area (Å²) in [4.78, 5) is 11.2. The maximum Gasteiger partial charge on any atom is 0.336 e. The van der Waals surface area contributed by atoms with Gasteiger partial charge in [-0.25, -0.2) is 4.79 Å². The van der Waals surface area contributed by atoms with Crippen molar-refractivity contribution in [2.45, 2.75) is 12.8 Å². The van der Waals surface area contributed by atoms with Crippen molar-refractivity contribution in [3.05, 3.63) is 35.4 Å². The molecule has 4 heteroatoms. The Balaban J connectivity index is 2.68. The average Bonchev–Trinajstić information content (AvgIpc) is 2.65. The number of rotatable bonds is 3. The molecule has 1 aliphatic rings. The van der Waals surface area contributed by atoms with Gasteiger partial charge in [0, 0.05) is 23.6 Å². The summed E-state index contributed by atoms with van der Waals surface area (Å²) in [7, 11) is 0. The Hall–Kier alpha value is -1.97. The third kappa shape index (κ3) is 1.52. The Kier molecular flexibility index (Phi) is 2.56. The minimum Gasteiger partial charge on any atom is -0.507 e. The number of carboxylic acid groups (broad SMARTS) is 1. The normalized spacial score (nSPS) is 13.0. The van der Waals surface area contributed by atoms with Gasteiger partial charge in [-0.3, -0.25) is 0 Å². The van der Waals surface area contributed by atoms with Gasteiger partial charge in [0.2, 0.25) is 0 Å². The first-order chi connectivity index (χ1) is 7.65. The fourth-order valence-corrected chi connectivity index (χ4v) is 1.98. The van der Waals surface area contributed by atoms with Gasteiger partial charge in [0.15, 0.2) is 0 Å². The summed E-state index contributed by atoms with van der Waals surface area (Å²) in [5, 5.41) is 18.9. The van der Waals surface area contributed by atoms with Crippen LogP contribution in [-0.4, -0.2) is 22.8 Å². The van der Waals surface area contributed by atoms with Gasteiger partial charge < -0.3 is 14.9 Å². The average molecular weight is 220 g/mol. The van der Waals surface area contributed by atoms with Crippen LogP contribution in [0.25, 0.3) is 0 Å². The van der Waals surface area contributed by atoms with Crippen LogP contribution in [0.3, 0.4) is 0 Å². The number of carboxylic acids is 1. The molecule has 0 saturated heterocycles. The monoisotopic (exact) mass is 220 g/mol. The fraction of sp³-hybridized carbons (Fsp3) is 0.250. The van der Waals surface area contributed by atoms with Crippen LogP contribution in [0.1, 0.15) is 21.5 Å². The van der Waals surface area contributed by atoms with Gasteiger partial charge in [-0.15, -0.1) is 6.58 Å². The molecule has 0 spiro atoms. The number of benzene rings is 1. The highest BCUT2D eigenvalue weighted by molar-refractivity contribution is 5.93. The van der Waals surface area contributed by atoms with Crippen LogP contribution in [0.15, 0.2) is 18.7 Å². The molecule has 2 rings (SSSR count). The summed E-state index contributed by atoms with van der Waals surface area (Å²) in [6, 6.07) is 1.48. The molecule has 2 N–H and O–H groups in total. The first-order valence-corrected chi connectivity index (χ1v) is 5.00. The Morgan fingerprint density at radius 3 is 3.00 bits per heavy atom. The second kappa shape index (κ2) is 3.89. The number of aromatic hydroxyl groups is 1. The predicted octanol–water partition coefficient (Wildman–Crippen LogP) is 1.75. The number of phenolic OH excluding ortho intramolecular Hbond substituents is 1. The maximum absolute atomic E-state index is 11.2. The summed E-state index contributed by atoms with van der Waals surface area (Å²) in [5.41, 5.74) is 1.24. The third-order valence-corrected chi connectivity index (χ3v) is 2.65. The summed E-state index contributed by atoms with van der Waals surface area (Å²) in [6.45, 7) is 4.02. The maximum atomic E-state index is 11.2. The third-order valence-electron chi connectivity index (χ3n) is 2.65. The standard InChI is InChI=1S/C12H12O4/c1-2-3-7-9(13)6-10-8(4-5-16-10)11(7)12(14)15/h2,6,13H,1,3-5H2,(H,14,15). The molecule has 0 aromatic heterocycles. The molecule has 0 saturated carbocycles. The van der Waals surface area contributed by atoms with Gasteiger partial charge >= 0.3 is 5.97 Å². The molecule has 1 aliphatic heterocycles. The van der Waals surface area contributed by atoms with E-state index in [0.717, 1.165) is 0 Å². The van der Waals surface area contributed by atoms with E-state index in [1.54, 1.807) is 6.08 Å². The van der Waals surface area contributed by atoms with Crippen molar-refractivity contribution in [1.82, 2.24) is 0 Å². The molecule has 0 atom stereocenters. The molecule has 16 heavy (non-hydrogen) atoms. The lowest BCUT2D eigenvalue weighted by molar-refractivity contribution is 0.0694. The summed E-state index contributed by atoms with van der Waals surface area (Å²) >= 11 is 0. The Morgan fingerprint density at radius 1 is 1.62 bits per heavy atom. The number of aromatic carboxylic acids is 1. The molecular weight excluding hydrogens is 208 g/mol. The Morgan fingerprint density at radius 2 is 2.38 bits per heavy atom. The lowest BCUT2D eigenvalue weighted by atomic mass is 9.96. The van der Waals surface area contributed by atoms with Crippen molar-refractivity contribution in [1.29, 1.82) is 0 Å². The molecule has 0 amide bonds. The van der Waals surface area contributed by atoms with Gasteiger partial charge in [-0.05, 0) is 6.42 Å². The predicted molar refractivity (Wildman–Crippen MR) is 58.2 cm³/mol. The molecular formula is C12H12O4. The molecule has 84 valence electrons. The molecule has 0 fully saturated rings. The van der Waals surface area contributed by atoms with E-state index in [4.69, 9.17) is 4.74 Å². The quantitative estimate of drug-likeness (QED) is 0.761. The molecule has 1 heterocycles. The number of allylic oxidation sites excluding steroid dienone is 1. The highest BCUT2D eigenvalue weighted by atomic mass is 16.5. The van der Waals surface area contributed by atoms with Crippen LogP contribution in [-0.2, 0) is 12.8 Å². The van der Waals surface area contributed by atoms with Crippen LogP contribution < -0.4 is 4.74 Å². The molecule has 4 nitrogen and oxygen atoms in total. The molecule has 0 radical (unpaired) electrons. The molecule has 0 unspecified atom stereocenters. The lowest BCUT2D eigenvalue weighted by Gasteiger charge is -2.10. The van der Waals surface area contributed by atoms with Gasteiger partial charge in [-0.2, -0.15) is 0 Å². The zero-order valence-electron chi connectivity index (χ0n) is 8.69. The van der Waals surface area contributed by atoms with Crippen LogP contribution in [0.5, 0.6) is 11.5 Å². The summed E-state index contributed by atoms with van der Waals surface area (Å²) in [5.74, 6) is -0.602. The number of ether oxygens (including phenoxy) is 1. The lowest BCUT2D eigenvalue weighted by Crippen LogP contribution is -2.06. The minimum absolute atomic E-state index is 0.0436. The topological polar surface area (TPSA) is 66.8 Å². The Labute approximate surface area is 92.8 Å². The van der Waals surface area contributed by atoms with E-state index in [-0.39, 0.29) is 11.3 Å². The molecule has 0 aliphatic carbocycles. The van der Waals surface area contributed by atoms with E-state index in [0.29, 0.717) is 36.3 Å². The van der Waals surface area contributed by atoms with Gasteiger partial charge in [0.05, 0.1) is 12.2 Å². The second-order valence-electron chi connectivity index (χ2n) is 3.62. The highest BCUT2D eigenvalue weighted by Crippen LogP contribution is 2.36. The van der Waals surface area contributed by atoms with Crippen molar-refractivity contribution >= 4 is 5.97 Å². The van der Waals surface area contributed by atoms with E-state index < -0.39 is 5.97 Å². The first kappa shape index (κ1) is 10.5. The van der Waals surface area contributed by atoms with Crippen molar-refractivity contribution < 1.29 is 19.7 Å². The van der Waals surface area contributed by atoms with Gasteiger partial charge in [0.25, 0.3) is 0 Å². The largest absolute Gasteiger partial charge is 0.507 e. The van der Waals surface area contributed by atoms with E-state index in [1.807, 2.05) is 0 Å². The van der Waals surface area contributed by atoms with Crippen molar-refractivity contribution in [3.8, 4) is 11.5 Å². The van der Waals surface area contributed by atoms with E-state index in [9.17, 15) is 15.0 Å². The number of phenols is 1. The zero-order chi connectivity index (χ0) is 11.7. The fourth-order valence-electron chi connectivity index (χ4n) is 1.98. The van der Waals surface area contributed by atoms with Crippen LogP contribution in [0, 0.1) is 0 Å². The van der Waals surface area contributed by atoms with E-state index in [2.05, 4.69) is 6.58 Å². The van der Waals surface area contributed by atoms with Crippen LogP contribution in [0.2, 0.25) is 0 Å². The van der Waals surface area contributed by atoms with Crippen LogP contribution in [0.4, 0.5) is 0 Å². The highest BCUT2D eigenvalue weighted by Gasteiger charge is 2.25. The first-order valence-electron chi connectivity index (χ1n) is 5.00. The summed E-state index contributed by atoms with van der Waals surface area (Å²) < 4.78 is 5.25. The Bertz CT molecular complexity index is 463. The molecule has 0 bridgehead atoms. The number of hydrogen-bond acceptors (Lipinski definition) is 3. The zero-order valence-corrected chi connectivity index (χ0v) is 8.69. The minimum atomic E-state index is -1.03. The SMILES string of the molecule is C=CCc1c(O)cc2c(c1C(=O)O)CCO2. The molecule has 1 aromatic carbocycles.